The van der Waals surface area contributed by atoms with E-state index in [-0.39, 0.29) is 4.90 Å². The molecule has 0 aliphatic rings. The molecule has 0 bridgehead atoms. The van der Waals surface area contributed by atoms with E-state index in [1.54, 1.807) is 19.1 Å². The number of anilines is 2. The van der Waals surface area contributed by atoms with E-state index in [2.05, 4.69) is 20.7 Å². The summed E-state index contributed by atoms with van der Waals surface area (Å²) in [5, 5.41) is 0. The Kier molecular flexibility index (Phi) is 4.58. The maximum Gasteiger partial charge on any atom is 0.262 e. The molecule has 0 unspecified atom stereocenters. The summed E-state index contributed by atoms with van der Waals surface area (Å²) < 4.78 is 28.3. The zero-order valence-electron chi connectivity index (χ0n) is 11.9. The van der Waals surface area contributed by atoms with Gasteiger partial charge >= 0.3 is 0 Å². The number of hydrogen-bond donors (Lipinski definition) is 2. The van der Waals surface area contributed by atoms with E-state index in [1.807, 2.05) is 25.1 Å². The molecule has 2 rings (SSSR count). The molecule has 0 radical (unpaired) electrons. The summed E-state index contributed by atoms with van der Waals surface area (Å²) in [5.41, 5.74) is 8.44. The number of halogens is 1. The second-order valence-electron chi connectivity index (χ2n) is 4.80. The number of hydrogen-bond acceptors (Lipinski definition) is 3. The highest BCUT2D eigenvalue weighted by Crippen LogP contribution is 2.28. The van der Waals surface area contributed by atoms with Gasteiger partial charge in [0.1, 0.15) is 0 Å². The van der Waals surface area contributed by atoms with Gasteiger partial charge in [0.2, 0.25) is 0 Å². The standard InChI is InChI=1S/C15H17BrN2O2S/c1-3-11-5-4-6-12(8-11)18-21(19,20)15-9-14(17)13(16)7-10(15)2/h4-9,18H,3,17H2,1-2H3. The van der Waals surface area contributed by atoms with Gasteiger partial charge in [-0.25, -0.2) is 8.42 Å². The van der Waals surface area contributed by atoms with Crippen LogP contribution in [-0.2, 0) is 16.4 Å². The number of aryl methyl sites for hydroxylation is 2. The monoisotopic (exact) mass is 368 g/mol. The normalized spacial score (nSPS) is 11.4. The Morgan fingerprint density at radius 1 is 1.24 bits per heavy atom. The number of nitrogens with one attached hydrogen (secondary N) is 1. The first-order chi connectivity index (χ1) is 9.83. The summed E-state index contributed by atoms with van der Waals surface area (Å²) in [5.74, 6) is 0. The first-order valence-corrected chi connectivity index (χ1v) is 8.78. The van der Waals surface area contributed by atoms with Crippen molar-refractivity contribution < 1.29 is 8.42 Å². The lowest BCUT2D eigenvalue weighted by molar-refractivity contribution is 0.600. The van der Waals surface area contributed by atoms with Crippen molar-refractivity contribution in [1.82, 2.24) is 0 Å². The van der Waals surface area contributed by atoms with Crippen LogP contribution in [0.5, 0.6) is 0 Å². The minimum Gasteiger partial charge on any atom is -0.398 e. The summed E-state index contributed by atoms with van der Waals surface area (Å²) in [6, 6.07) is 10.5. The minimum absolute atomic E-state index is 0.185. The van der Waals surface area contributed by atoms with Crippen molar-refractivity contribution in [1.29, 1.82) is 0 Å². The Bertz CT molecular complexity index is 773. The Morgan fingerprint density at radius 2 is 1.95 bits per heavy atom. The average Bonchev–Trinajstić information content (AvgIpc) is 2.42. The van der Waals surface area contributed by atoms with Crippen molar-refractivity contribution in [2.45, 2.75) is 25.2 Å². The van der Waals surface area contributed by atoms with Gasteiger partial charge in [-0.05, 0) is 64.7 Å². The van der Waals surface area contributed by atoms with Crippen LogP contribution in [0.1, 0.15) is 18.1 Å². The summed E-state index contributed by atoms with van der Waals surface area (Å²) in [6.45, 7) is 3.76. The van der Waals surface area contributed by atoms with Gasteiger partial charge in [0.05, 0.1) is 4.90 Å². The van der Waals surface area contributed by atoms with E-state index in [0.717, 1.165) is 12.0 Å². The minimum atomic E-state index is -3.66. The highest BCUT2D eigenvalue weighted by Gasteiger charge is 2.18. The molecule has 0 aliphatic carbocycles. The maximum atomic E-state index is 12.5. The Labute approximate surface area is 133 Å². The molecule has 112 valence electrons. The second kappa shape index (κ2) is 6.07. The molecule has 2 aromatic carbocycles. The van der Waals surface area contributed by atoms with Gasteiger partial charge in [0.15, 0.2) is 0 Å². The van der Waals surface area contributed by atoms with Crippen LogP contribution in [0.25, 0.3) is 0 Å². The van der Waals surface area contributed by atoms with Gasteiger partial charge in [0, 0.05) is 15.8 Å². The SMILES string of the molecule is CCc1cccc(NS(=O)(=O)c2cc(N)c(Br)cc2C)c1. The van der Waals surface area contributed by atoms with Crippen molar-refractivity contribution in [3.05, 3.63) is 52.0 Å². The van der Waals surface area contributed by atoms with Crippen LogP contribution < -0.4 is 10.5 Å². The van der Waals surface area contributed by atoms with E-state index >= 15 is 0 Å². The predicted molar refractivity (Wildman–Crippen MR) is 89.9 cm³/mol. The Balaban J connectivity index is 2.40. The van der Waals surface area contributed by atoms with E-state index in [4.69, 9.17) is 5.73 Å². The van der Waals surface area contributed by atoms with Gasteiger partial charge in [-0.1, -0.05) is 19.1 Å². The lowest BCUT2D eigenvalue weighted by Gasteiger charge is -2.12. The molecule has 0 saturated heterocycles. The molecule has 0 spiro atoms. The lowest BCUT2D eigenvalue weighted by Crippen LogP contribution is -2.15. The quantitative estimate of drug-likeness (QED) is 0.808. The third-order valence-corrected chi connectivity index (χ3v) is 5.38. The van der Waals surface area contributed by atoms with Gasteiger partial charge in [-0.15, -0.1) is 0 Å². The number of nitrogens with two attached hydrogens (primary N) is 1. The van der Waals surface area contributed by atoms with E-state index in [0.29, 0.717) is 21.4 Å². The molecule has 2 aromatic rings. The first kappa shape index (κ1) is 15.9. The number of benzene rings is 2. The van der Waals surface area contributed by atoms with Crippen LogP contribution in [0.2, 0.25) is 0 Å². The van der Waals surface area contributed by atoms with Crippen LogP contribution in [0.15, 0.2) is 45.8 Å². The molecule has 3 N–H and O–H groups in total. The fraction of sp³-hybridized carbons (Fsp3) is 0.200. The molecule has 0 saturated carbocycles. The van der Waals surface area contributed by atoms with Crippen LogP contribution in [0.4, 0.5) is 11.4 Å². The molecule has 6 heteroatoms. The first-order valence-electron chi connectivity index (χ1n) is 6.51. The third-order valence-electron chi connectivity index (χ3n) is 3.17. The topological polar surface area (TPSA) is 72.2 Å². The molecule has 0 aromatic heterocycles. The van der Waals surface area contributed by atoms with Crippen molar-refractivity contribution in [3.63, 3.8) is 0 Å². The molecule has 0 atom stereocenters. The summed E-state index contributed by atoms with van der Waals surface area (Å²) in [4.78, 5) is 0.185. The number of nitrogen functional groups attached to an aromatic ring is 1. The largest absolute Gasteiger partial charge is 0.398 e. The van der Waals surface area contributed by atoms with E-state index in [1.165, 1.54) is 6.07 Å². The van der Waals surface area contributed by atoms with Gasteiger partial charge in [-0.3, -0.25) is 4.72 Å². The molecular formula is C15H17BrN2O2S. The van der Waals surface area contributed by atoms with Crippen LogP contribution >= 0.6 is 15.9 Å². The van der Waals surface area contributed by atoms with E-state index in [9.17, 15) is 8.42 Å². The number of rotatable bonds is 4. The van der Waals surface area contributed by atoms with Crippen LogP contribution in [-0.4, -0.2) is 8.42 Å². The third kappa shape index (κ3) is 3.57. The fourth-order valence-electron chi connectivity index (χ4n) is 2.02. The van der Waals surface area contributed by atoms with Crippen LogP contribution in [0.3, 0.4) is 0 Å². The predicted octanol–water partition coefficient (Wildman–Crippen LogP) is 3.70. The maximum absolute atomic E-state index is 12.5. The molecule has 21 heavy (non-hydrogen) atoms. The molecular weight excluding hydrogens is 352 g/mol. The second-order valence-corrected chi connectivity index (χ2v) is 7.30. The van der Waals surface area contributed by atoms with Gasteiger partial charge in [-0.2, -0.15) is 0 Å². The molecule has 0 fully saturated rings. The fourth-order valence-corrected chi connectivity index (χ4v) is 3.79. The van der Waals surface area contributed by atoms with Crippen LogP contribution in [0, 0.1) is 6.92 Å². The van der Waals surface area contributed by atoms with Gasteiger partial charge in [0.25, 0.3) is 10.0 Å². The molecule has 0 heterocycles. The molecule has 0 amide bonds. The summed E-state index contributed by atoms with van der Waals surface area (Å²) in [6.07, 6.45) is 0.847. The highest BCUT2D eigenvalue weighted by atomic mass is 79.9. The van der Waals surface area contributed by atoms with Gasteiger partial charge < -0.3 is 5.73 Å². The molecule has 4 nitrogen and oxygen atoms in total. The van der Waals surface area contributed by atoms with Crippen molar-refractivity contribution in [2.24, 2.45) is 0 Å². The number of sulfonamides is 1. The highest BCUT2D eigenvalue weighted by molar-refractivity contribution is 9.10. The summed E-state index contributed by atoms with van der Waals surface area (Å²) in [7, 11) is -3.66. The zero-order valence-corrected chi connectivity index (χ0v) is 14.3. The average molecular weight is 369 g/mol. The van der Waals surface area contributed by atoms with Crippen molar-refractivity contribution in [3.8, 4) is 0 Å². The summed E-state index contributed by atoms with van der Waals surface area (Å²) >= 11 is 3.29. The smallest absolute Gasteiger partial charge is 0.262 e. The van der Waals surface area contributed by atoms with Crippen molar-refractivity contribution in [2.75, 3.05) is 10.5 Å². The van der Waals surface area contributed by atoms with E-state index < -0.39 is 10.0 Å². The molecule has 0 aliphatic heterocycles. The Hall–Kier alpha value is -1.53. The lowest BCUT2D eigenvalue weighted by atomic mass is 10.1. The Morgan fingerprint density at radius 3 is 2.62 bits per heavy atom. The zero-order chi connectivity index (χ0) is 15.6. The van der Waals surface area contributed by atoms with Crippen molar-refractivity contribution >= 4 is 37.3 Å².